The molecule has 2 saturated carbocycles. The van der Waals surface area contributed by atoms with Crippen molar-refractivity contribution in [2.75, 3.05) is 6.61 Å². The zero-order valence-corrected chi connectivity index (χ0v) is 15.1. The van der Waals surface area contributed by atoms with Crippen LogP contribution in [0.4, 0.5) is 0 Å². The number of halogens is 2. The molecule has 4 aliphatic rings. The Morgan fingerprint density at radius 1 is 1.18 bits per heavy atom. The molecule has 1 saturated heterocycles. The average molecular weight is 345 g/mol. The van der Waals surface area contributed by atoms with Gasteiger partial charge in [0, 0.05) is 5.41 Å². The Bertz CT molecular complexity index is 629. The summed E-state index contributed by atoms with van der Waals surface area (Å²) in [6.45, 7) is 10.2. The van der Waals surface area contributed by atoms with E-state index < -0.39 is 27.6 Å². The Labute approximate surface area is 141 Å². The maximum Gasteiger partial charge on any atom is 0.163 e. The number of rotatable bonds is 0. The SMILES string of the molecule is CC1=CC[C@]23OC(C)(C)OC[C@@]12C(=O)[C@@]1(C)C(Cl)C(Cl)[C@@]31C. The molecule has 0 N–H and O–H groups in total. The van der Waals surface area contributed by atoms with Crippen LogP contribution >= 0.6 is 23.2 Å². The fourth-order valence-electron chi connectivity index (χ4n) is 5.75. The van der Waals surface area contributed by atoms with Crippen molar-refractivity contribution in [2.24, 2.45) is 16.2 Å². The van der Waals surface area contributed by atoms with Gasteiger partial charge in [0.15, 0.2) is 11.6 Å². The summed E-state index contributed by atoms with van der Waals surface area (Å²) in [5.41, 5.74) is -1.54. The number of carbonyl (C=O) groups is 1. The van der Waals surface area contributed by atoms with Gasteiger partial charge < -0.3 is 9.47 Å². The van der Waals surface area contributed by atoms with Crippen molar-refractivity contribution in [3.8, 4) is 0 Å². The Kier molecular flexibility index (Phi) is 2.64. The number of alkyl halides is 2. The first-order valence-electron chi connectivity index (χ1n) is 7.86. The molecular formula is C17H22Cl2O3. The van der Waals surface area contributed by atoms with Crippen LogP contribution < -0.4 is 0 Å². The van der Waals surface area contributed by atoms with Gasteiger partial charge in [-0.1, -0.05) is 25.5 Å². The van der Waals surface area contributed by atoms with Crippen molar-refractivity contribution < 1.29 is 14.3 Å². The van der Waals surface area contributed by atoms with Crippen molar-refractivity contribution in [1.82, 2.24) is 0 Å². The molecule has 3 nitrogen and oxygen atoms in total. The molecule has 4 rings (SSSR count). The highest BCUT2D eigenvalue weighted by atomic mass is 35.5. The van der Waals surface area contributed by atoms with E-state index in [1.165, 1.54) is 0 Å². The normalized spacial score (nSPS) is 58.5. The summed E-state index contributed by atoms with van der Waals surface area (Å²) in [6, 6.07) is 0. The van der Waals surface area contributed by atoms with Gasteiger partial charge in [0.25, 0.3) is 0 Å². The van der Waals surface area contributed by atoms with Crippen LogP contribution in [0.15, 0.2) is 11.6 Å². The minimum Gasteiger partial charge on any atom is -0.349 e. The predicted molar refractivity (Wildman–Crippen MR) is 85.2 cm³/mol. The number of Topliss-reactive ketones (excluding diaryl/α,β-unsaturated/α-hetero) is 1. The molecule has 122 valence electrons. The molecule has 0 radical (unpaired) electrons. The van der Waals surface area contributed by atoms with Crippen molar-refractivity contribution in [2.45, 2.75) is 63.2 Å². The Morgan fingerprint density at radius 2 is 1.82 bits per heavy atom. The summed E-state index contributed by atoms with van der Waals surface area (Å²) in [7, 11) is 0. The smallest absolute Gasteiger partial charge is 0.163 e. The lowest BCUT2D eigenvalue weighted by Crippen LogP contribution is -2.73. The van der Waals surface area contributed by atoms with Gasteiger partial charge in [-0.3, -0.25) is 4.79 Å². The van der Waals surface area contributed by atoms with Gasteiger partial charge >= 0.3 is 0 Å². The van der Waals surface area contributed by atoms with Gasteiger partial charge in [0.2, 0.25) is 0 Å². The number of hydrogen-bond acceptors (Lipinski definition) is 3. The largest absolute Gasteiger partial charge is 0.349 e. The number of hydrogen-bond donors (Lipinski definition) is 0. The van der Waals surface area contributed by atoms with Crippen LogP contribution in [0, 0.1) is 16.2 Å². The van der Waals surface area contributed by atoms with E-state index in [-0.39, 0.29) is 16.5 Å². The highest BCUT2D eigenvalue weighted by Crippen LogP contribution is 2.81. The maximum absolute atomic E-state index is 13.6. The highest BCUT2D eigenvalue weighted by Gasteiger charge is 2.91. The molecule has 0 spiro atoms. The summed E-state index contributed by atoms with van der Waals surface area (Å²) in [4.78, 5) is 13.6. The molecule has 22 heavy (non-hydrogen) atoms. The van der Waals surface area contributed by atoms with Crippen molar-refractivity contribution in [3.63, 3.8) is 0 Å². The van der Waals surface area contributed by atoms with Gasteiger partial charge in [0.1, 0.15) is 11.0 Å². The van der Waals surface area contributed by atoms with E-state index >= 15 is 0 Å². The van der Waals surface area contributed by atoms with Crippen LogP contribution in [-0.2, 0) is 14.3 Å². The van der Waals surface area contributed by atoms with Crippen molar-refractivity contribution >= 4 is 29.0 Å². The minimum absolute atomic E-state index is 0.140. The van der Waals surface area contributed by atoms with Gasteiger partial charge in [-0.2, -0.15) is 0 Å². The Hall–Kier alpha value is -0.0900. The van der Waals surface area contributed by atoms with Gasteiger partial charge in [-0.05, 0) is 27.2 Å². The fourth-order valence-corrected chi connectivity index (χ4v) is 6.98. The topological polar surface area (TPSA) is 35.5 Å². The molecule has 0 amide bonds. The van der Waals surface area contributed by atoms with E-state index in [4.69, 9.17) is 32.7 Å². The standard InChI is InChI=1S/C17H22Cl2O3/c1-9-6-7-17-15(5)11(19)10(18)14(15,4)12(20)16(9,17)8-21-13(2,3)22-17/h6,10-11H,7-8H2,1-5H3/t10?,11?,14-,15-,16+,17-/m1/s1. The highest BCUT2D eigenvalue weighted by molar-refractivity contribution is 6.35. The lowest BCUT2D eigenvalue weighted by Gasteiger charge is -2.65. The van der Waals surface area contributed by atoms with Gasteiger partial charge in [0.05, 0.1) is 22.8 Å². The maximum atomic E-state index is 13.6. The fraction of sp³-hybridized carbons (Fsp3) is 0.824. The van der Waals surface area contributed by atoms with Crippen LogP contribution in [0.1, 0.15) is 41.0 Å². The lowest BCUT2D eigenvalue weighted by atomic mass is 9.47. The summed E-state index contributed by atoms with van der Waals surface area (Å²) in [5, 5.41) is -0.665. The van der Waals surface area contributed by atoms with Crippen LogP contribution in [0.3, 0.4) is 0 Å². The second kappa shape index (κ2) is 3.77. The molecule has 1 aliphatic heterocycles. The first kappa shape index (κ1) is 15.4. The third-order valence-corrected chi connectivity index (χ3v) is 8.76. The molecule has 0 aromatic carbocycles. The Morgan fingerprint density at radius 3 is 2.45 bits per heavy atom. The molecular weight excluding hydrogens is 323 g/mol. The van der Waals surface area contributed by atoms with E-state index in [1.54, 1.807) is 0 Å². The molecule has 3 fully saturated rings. The van der Waals surface area contributed by atoms with Crippen LogP contribution in [-0.4, -0.2) is 34.5 Å². The summed E-state index contributed by atoms with van der Waals surface area (Å²) >= 11 is 13.2. The van der Waals surface area contributed by atoms with E-state index in [0.717, 1.165) is 5.57 Å². The predicted octanol–water partition coefficient (Wildman–Crippen LogP) is 3.67. The van der Waals surface area contributed by atoms with Crippen molar-refractivity contribution in [1.29, 1.82) is 0 Å². The number of fused-ring (bicyclic) bond motifs is 1. The second-order valence-electron chi connectivity index (χ2n) is 8.15. The molecule has 3 aliphatic carbocycles. The van der Waals surface area contributed by atoms with Crippen LogP contribution in [0.2, 0.25) is 0 Å². The molecule has 6 atom stereocenters. The first-order valence-corrected chi connectivity index (χ1v) is 8.73. The number of ether oxygens (including phenoxy) is 2. The van der Waals surface area contributed by atoms with Gasteiger partial charge in [-0.25, -0.2) is 0 Å². The van der Waals surface area contributed by atoms with E-state index in [2.05, 4.69) is 13.0 Å². The zero-order chi connectivity index (χ0) is 16.3. The lowest BCUT2D eigenvalue weighted by molar-refractivity contribution is -0.365. The molecule has 0 aromatic rings. The van der Waals surface area contributed by atoms with Crippen molar-refractivity contribution in [3.05, 3.63) is 11.6 Å². The third-order valence-electron chi connectivity index (χ3n) is 7.25. The quantitative estimate of drug-likeness (QED) is 0.496. The van der Waals surface area contributed by atoms with E-state index in [0.29, 0.717) is 13.0 Å². The zero-order valence-electron chi connectivity index (χ0n) is 13.6. The van der Waals surface area contributed by atoms with Crippen LogP contribution in [0.25, 0.3) is 0 Å². The molecule has 0 bridgehead atoms. The summed E-state index contributed by atoms with van der Waals surface area (Å²) < 4.78 is 12.5. The molecule has 5 heteroatoms. The molecule has 2 unspecified atom stereocenters. The van der Waals surface area contributed by atoms with E-state index in [1.807, 2.05) is 27.7 Å². The summed E-state index contributed by atoms with van der Waals surface area (Å²) in [5.74, 6) is -0.592. The third kappa shape index (κ3) is 1.11. The average Bonchev–Trinajstić information content (AvgIpc) is 2.81. The number of ketones is 1. The van der Waals surface area contributed by atoms with E-state index in [9.17, 15) is 4.79 Å². The summed E-state index contributed by atoms with van der Waals surface area (Å²) in [6.07, 6.45) is 2.81. The first-order chi connectivity index (χ1) is 10.0. The Balaban J connectivity index is 2.02. The second-order valence-corrected chi connectivity index (χ2v) is 9.09. The van der Waals surface area contributed by atoms with Crippen LogP contribution in [0.5, 0.6) is 0 Å². The van der Waals surface area contributed by atoms with Gasteiger partial charge in [-0.15, -0.1) is 23.2 Å². The molecule has 1 heterocycles. The minimum atomic E-state index is -0.747. The number of carbonyl (C=O) groups excluding carboxylic acids is 1. The molecule has 0 aromatic heterocycles. The monoisotopic (exact) mass is 344 g/mol.